The molecule has 4 rings (SSSR count). The second kappa shape index (κ2) is 7.66. The number of thiazole rings is 1. The monoisotopic (exact) mass is 431 g/mol. The third-order valence-corrected chi connectivity index (χ3v) is 8.80. The lowest BCUT2D eigenvalue weighted by Gasteiger charge is -2.54. The fourth-order valence-corrected chi connectivity index (χ4v) is 6.86. The summed E-state index contributed by atoms with van der Waals surface area (Å²) in [6.07, 6.45) is 5.21. The summed E-state index contributed by atoms with van der Waals surface area (Å²) in [6.45, 7) is 5.86. The van der Waals surface area contributed by atoms with Crippen LogP contribution in [0, 0.1) is 6.92 Å². The smallest absolute Gasteiger partial charge is 0.243 e. The summed E-state index contributed by atoms with van der Waals surface area (Å²) >= 11 is 1.57. The SMILES string of the molecule is C=CC(=O)NC1CCN(S(=O)(=O)c2ccc(-c3csc(C)n3)cc2)C2(CCC2)C1. The maximum Gasteiger partial charge on any atom is 0.243 e. The molecule has 1 saturated heterocycles. The number of piperidine rings is 1. The van der Waals surface area contributed by atoms with Crippen LogP contribution in [-0.2, 0) is 14.8 Å². The molecule has 2 aromatic rings. The first-order chi connectivity index (χ1) is 13.8. The minimum Gasteiger partial charge on any atom is -0.350 e. The van der Waals surface area contributed by atoms with Crippen LogP contribution in [0.2, 0.25) is 0 Å². The number of nitrogens with zero attached hydrogens (tertiary/aromatic N) is 2. The van der Waals surface area contributed by atoms with E-state index in [4.69, 9.17) is 0 Å². The molecule has 1 amide bonds. The van der Waals surface area contributed by atoms with Crippen molar-refractivity contribution in [2.45, 2.75) is 55.5 Å². The zero-order valence-electron chi connectivity index (χ0n) is 16.4. The van der Waals surface area contributed by atoms with E-state index in [9.17, 15) is 13.2 Å². The Labute approximate surface area is 175 Å². The quantitative estimate of drug-likeness (QED) is 0.735. The van der Waals surface area contributed by atoms with Gasteiger partial charge in [0, 0.05) is 29.1 Å². The van der Waals surface area contributed by atoms with E-state index in [0.717, 1.165) is 35.5 Å². The number of hydrogen-bond donors (Lipinski definition) is 1. The van der Waals surface area contributed by atoms with Crippen LogP contribution < -0.4 is 5.32 Å². The van der Waals surface area contributed by atoms with Gasteiger partial charge < -0.3 is 5.32 Å². The molecule has 1 N–H and O–H groups in total. The van der Waals surface area contributed by atoms with Gasteiger partial charge >= 0.3 is 0 Å². The van der Waals surface area contributed by atoms with E-state index in [1.807, 2.05) is 24.4 Å². The van der Waals surface area contributed by atoms with Gasteiger partial charge in [0.05, 0.1) is 15.6 Å². The van der Waals surface area contributed by atoms with Crippen molar-refractivity contribution in [2.24, 2.45) is 0 Å². The van der Waals surface area contributed by atoms with E-state index in [2.05, 4.69) is 16.9 Å². The van der Waals surface area contributed by atoms with Crippen LogP contribution in [0.1, 0.15) is 37.1 Å². The minimum absolute atomic E-state index is 0.0115. The minimum atomic E-state index is -3.60. The number of aromatic nitrogens is 1. The largest absolute Gasteiger partial charge is 0.350 e. The van der Waals surface area contributed by atoms with Crippen molar-refractivity contribution in [3.05, 3.63) is 47.3 Å². The molecule has 6 nitrogen and oxygen atoms in total. The van der Waals surface area contributed by atoms with Gasteiger partial charge in [-0.1, -0.05) is 18.7 Å². The summed E-state index contributed by atoms with van der Waals surface area (Å²) < 4.78 is 28.6. The van der Waals surface area contributed by atoms with Crippen LogP contribution in [0.5, 0.6) is 0 Å². The summed E-state index contributed by atoms with van der Waals surface area (Å²) in [5.74, 6) is -0.200. The van der Waals surface area contributed by atoms with Crippen molar-refractivity contribution < 1.29 is 13.2 Å². The molecule has 1 saturated carbocycles. The first-order valence-corrected chi connectivity index (χ1v) is 12.1. The van der Waals surface area contributed by atoms with Crippen molar-refractivity contribution in [3.63, 3.8) is 0 Å². The van der Waals surface area contributed by atoms with E-state index in [-0.39, 0.29) is 17.5 Å². The molecule has 1 atom stereocenters. The topological polar surface area (TPSA) is 79.4 Å². The average molecular weight is 432 g/mol. The van der Waals surface area contributed by atoms with Crippen LogP contribution >= 0.6 is 11.3 Å². The van der Waals surface area contributed by atoms with Crippen molar-refractivity contribution in [2.75, 3.05) is 6.54 Å². The van der Waals surface area contributed by atoms with Gasteiger partial charge in [0.2, 0.25) is 15.9 Å². The molecule has 0 radical (unpaired) electrons. The van der Waals surface area contributed by atoms with Gasteiger partial charge in [-0.3, -0.25) is 4.79 Å². The summed E-state index contributed by atoms with van der Waals surface area (Å²) in [7, 11) is -3.60. The Morgan fingerprint density at radius 3 is 2.62 bits per heavy atom. The lowest BCUT2D eigenvalue weighted by Crippen LogP contribution is -2.63. The molecular weight excluding hydrogens is 406 g/mol. The van der Waals surface area contributed by atoms with Crippen molar-refractivity contribution in [3.8, 4) is 11.3 Å². The lowest BCUT2D eigenvalue weighted by molar-refractivity contribution is -0.117. The molecule has 1 spiro atoms. The molecule has 1 unspecified atom stereocenters. The maximum absolute atomic E-state index is 13.4. The average Bonchev–Trinajstić information content (AvgIpc) is 3.13. The number of amides is 1. The number of nitrogens with one attached hydrogen (secondary N) is 1. The highest BCUT2D eigenvalue weighted by atomic mass is 32.2. The number of hydrogen-bond acceptors (Lipinski definition) is 5. The predicted molar refractivity (Wildman–Crippen MR) is 114 cm³/mol. The van der Waals surface area contributed by atoms with Crippen LogP contribution in [0.15, 0.2) is 47.2 Å². The Bertz CT molecular complexity index is 1020. The van der Waals surface area contributed by atoms with Gasteiger partial charge in [0.15, 0.2) is 0 Å². The number of rotatable bonds is 5. The number of benzene rings is 1. The van der Waals surface area contributed by atoms with Gasteiger partial charge in [-0.05, 0) is 57.2 Å². The molecule has 2 fully saturated rings. The van der Waals surface area contributed by atoms with Crippen molar-refractivity contribution >= 4 is 27.3 Å². The van der Waals surface area contributed by atoms with E-state index in [0.29, 0.717) is 24.3 Å². The Kier molecular flexibility index (Phi) is 5.35. The molecule has 154 valence electrons. The van der Waals surface area contributed by atoms with E-state index < -0.39 is 10.0 Å². The highest BCUT2D eigenvalue weighted by Gasteiger charge is 2.51. The van der Waals surface area contributed by atoms with Crippen LogP contribution in [0.4, 0.5) is 0 Å². The Balaban J connectivity index is 1.56. The van der Waals surface area contributed by atoms with Gasteiger partial charge in [-0.25, -0.2) is 13.4 Å². The fraction of sp³-hybridized carbons (Fsp3) is 0.429. The van der Waals surface area contributed by atoms with E-state index in [1.54, 1.807) is 27.8 Å². The highest BCUT2D eigenvalue weighted by molar-refractivity contribution is 7.89. The van der Waals surface area contributed by atoms with Crippen molar-refractivity contribution in [1.29, 1.82) is 0 Å². The normalized spacial score (nSPS) is 21.5. The molecule has 8 heteroatoms. The second-order valence-corrected chi connectivity index (χ2v) is 10.8. The summed E-state index contributed by atoms with van der Waals surface area (Å²) in [4.78, 5) is 16.5. The molecule has 2 heterocycles. The van der Waals surface area contributed by atoms with Gasteiger partial charge in [0.25, 0.3) is 0 Å². The van der Waals surface area contributed by atoms with Crippen LogP contribution in [0.25, 0.3) is 11.3 Å². The second-order valence-electron chi connectivity index (χ2n) is 7.83. The molecule has 29 heavy (non-hydrogen) atoms. The molecule has 1 aromatic heterocycles. The third-order valence-electron chi connectivity index (χ3n) is 6.01. The Morgan fingerprint density at radius 1 is 1.34 bits per heavy atom. The zero-order valence-corrected chi connectivity index (χ0v) is 18.1. The zero-order chi connectivity index (χ0) is 20.6. The maximum atomic E-state index is 13.4. The molecule has 1 aromatic carbocycles. The standard InChI is InChI=1S/C21H25N3O3S2/c1-3-20(25)23-17-9-12-24(21(13-17)10-4-11-21)29(26,27)18-7-5-16(6-8-18)19-14-28-15(2)22-19/h3,5-8,14,17H,1,4,9-13H2,2H3,(H,23,25). The summed E-state index contributed by atoms with van der Waals surface area (Å²) in [6, 6.07) is 6.99. The Morgan fingerprint density at radius 2 is 2.07 bits per heavy atom. The molecule has 1 aliphatic carbocycles. The first kappa shape index (κ1) is 20.3. The number of sulfonamides is 1. The molecule has 1 aliphatic heterocycles. The summed E-state index contributed by atoms with van der Waals surface area (Å²) in [5.41, 5.74) is 1.39. The van der Waals surface area contributed by atoms with E-state index >= 15 is 0 Å². The number of carbonyl (C=O) groups excluding carboxylic acids is 1. The lowest BCUT2D eigenvalue weighted by atomic mass is 9.70. The Hall–Kier alpha value is -2.03. The van der Waals surface area contributed by atoms with Crippen molar-refractivity contribution in [1.82, 2.24) is 14.6 Å². The van der Waals surface area contributed by atoms with E-state index in [1.165, 1.54) is 6.08 Å². The molecular formula is C21H25N3O3S2. The van der Waals surface area contributed by atoms with Crippen LogP contribution in [-0.4, -0.2) is 41.7 Å². The van der Waals surface area contributed by atoms with Gasteiger partial charge in [0.1, 0.15) is 0 Å². The number of carbonyl (C=O) groups is 1. The third kappa shape index (κ3) is 3.76. The first-order valence-electron chi connectivity index (χ1n) is 9.82. The molecule has 2 aliphatic rings. The molecule has 0 bridgehead atoms. The van der Waals surface area contributed by atoms with Crippen LogP contribution in [0.3, 0.4) is 0 Å². The van der Waals surface area contributed by atoms with Gasteiger partial charge in [-0.15, -0.1) is 11.3 Å². The number of aryl methyl sites for hydroxylation is 1. The predicted octanol–water partition coefficient (Wildman–Crippen LogP) is 3.50. The highest BCUT2D eigenvalue weighted by Crippen LogP contribution is 2.47. The fourth-order valence-electron chi connectivity index (χ4n) is 4.39. The van der Waals surface area contributed by atoms with Gasteiger partial charge in [-0.2, -0.15) is 4.31 Å². The summed E-state index contributed by atoms with van der Waals surface area (Å²) in [5, 5.41) is 5.91.